The summed E-state index contributed by atoms with van der Waals surface area (Å²) in [6.07, 6.45) is 4.12. The molecule has 0 aliphatic rings. The maximum Gasteiger partial charge on any atom is 0.353 e. The van der Waals surface area contributed by atoms with E-state index in [4.69, 9.17) is 5.73 Å². The summed E-state index contributed by atoms with van der Waals surface area (Å²) in [5.41, 5.74) is 5.42. The predicted octanol–water partition coefficient (Wildman–Crippen LogP) is 2.37. The van der Waals surface area contributed by atoms with Gasteiger partial charge < -0.3 is 10.6 Å². The molecule has 0 aliphatic carbocycles. The molecule has 0 radical (unpaired) electrons. The summed E-state index contributed by atoms with van der Waals surface area (Å²) in [7, 11) is 0. The van der Waals surface area contributed by atoms with E-state index >= 15 is 0 Å². The Morgan fingerprint density at radius 3 is 2.68 bits per heavy atom. The van der Waals surface area contributed by atoms with Crippen molar-refractivity contribution in [3.63, 3.8) is 0 Å². The largest absolute Gasteiger partial charge is 0.378 e. The van der Waals surface area contributed by atoms with Crippen LogP contribution in [0.1, 0.15) is 40.0 Å². The van der Waals surface area contributed by atoms with Crippen molar-refractivity contribution in [2.24, 2.45) is 0 Å². The molecule has 2 N–H and O–H groups in total. The third-order valence-electron chi connectivity index (χ3n) is 3.16. The first-order valence-corrected chi connectivity index (χ1v) is 6.54. The van der Waals surface area contributed by atoms with E-state index in [2.05, 4.69) is 16.9 Å². The molecule has 1 aromatic heterocycles. The van der Waals surface area contributed by atoms with Gasteiger partial charge in [-0.3, -0.25) is 10.1 Å². The van der Waals surface area contributed by atoms with Crippen LogP contribution >= 0.6 is 0 Å². The Hall–Kier alpha value is -1.92. The zero-order chi connectivity index (χ0) is 14.4. The van der Waals surface area contributed by atoms with Gasteiger partial charge in [-0.1, -0.05) is 20.3 Å². The van der Waals surface area contributed by atoms with Gasteiger partial charge in [-0.25, -0.2) is 9.97 Å². The highest BCUT2D eigenvalue weighted by atomic mass is 16.6. The lowest BCUT2D eigenvalue weighted by molar-refractivity contribution is -0.383. The van der Waals surface area contributed by atoms with Gasteiger partial charge in [0.15, 0.2) is 0 Å². The Bertz CT molecular complexity index is 438. The fourth-order valence-electron chi connectivity index (χ4n) is 1.85. The number of aromatic nitrogens is 2. The zero-order valence-corrected chi connectivity index (χ0v) is 11.7. The summed E-state index contributed by atoms with van der Waals surface area (Å²) in [5.74, 6) is 0.236. The van der Waals surface area contributed by atoms with Crippen molar-refractivity contribution in [3.05, 3.63) is 16.4 Å². The van der Waals surface area contributed by atoms with Gasteiger partial charge in [-0.05, 0) is 19.8 Å². The molecule has 0 aromatic carbocycles. The summed E-state index contributed by atoms with van der Waals surface area (Å²) in [5, 5.41) is 11.2. The van der Waals surface area contributed by atoms with Gasteiger partial charge in [0.25, 0.3) is 0 Å². The molecule has 0 saturated heterocycles. The van der Waals surface area contributed by atoms with Crippen molar-refractivity contribution in [2.75, 3.05) is 17.2 Å². The first-order chi connectivity index (χ1) is 9.02. The average Bonchev–Trinajstić information content (AvgIpc) is 2.38. The number of anilines is 2. The van der Waals surface area contributed by atoms with Crippen LogP contribution in [0.4, 0.5) is 17.3 Å². The van der Waals surface area contributed by atoms with E-state index in [1.807, 2.05) is 18.7 Å². The Balaban J connectivity index is 3.21. The molecule has 1 unspecified atom stereocenters. The molecule has 7 nitrogen and oxygen atoms in total. The van der Waals surface area contributed by atoms with Gasteiger partial charge in [0.05, 0.1) is 4.92 Å². The van der Waals surface area contributed by atoms with E-state index in [0.29, 0.717) is 5.82 Å². The minimum atomic E-state index is -0.508. The highest BCUT2D eigenvalue weighted by Crippen LogP contribution is 2.31. The molecule has 19 heavy (non-hydrogen) atoms. The van der Waals surface area contributed by atoms with Crippen molar-refractivity contribution in [2.45, 2.75) is 46.1 Å². The van der Waals surface area contributed by atoms with E-state index in [1.54, 1.807) is 0 Å². The second-order valence-corrected chi connectivity index (χ2v) is 4.49. The van der Waals surface area contributed by atoms with Gasteiger partial charge >= 0.3 is 5.69 Å². The smallest absolute Gasteiger partial charge is 0.353 e. The van der Waals surface area contributed by atoms with Crippen LogP contribution in [0, 0.1) is 10.1 Å². The maximum absolute atomic E-state index is 11.2. The van der Waals surface area contributed by atoms with Crippen LogP contribution in [0.25, 0.3) is 0 Å². The van der Waals surface area contributed by atoms with Crippen LogP contribution < -0.4 is 10.6 Å². The maximum atomic E-state index is 11.2. The molecule has 0 fully saturated rings. The summed E-state index contributed by atoms with van der Waals surface area (Å²) in [4.78, 5) is 20.4. The standard InChI is InChI=1S/C12H21N5O2/c1-4-6-7-16(9(3)5-2)12-10(17(18)19)11(13)14-8-15-12/h8-9H,4-7H2,1-3H3,(H2,13,14,15). The minimum absolute atomic E-state index is 0.0835. The number of rotatable bonds is 7. The van der Waals surface area contributed by atoms with E-state index in [0.717, 1.165) is 25.8 Å². The van der Waals surface area contributed by atoms with Crippen molar-refractivity contribution < 1.29 is 4.92 Å². The topological polar surface area (TPSA) is 98.2 Å². The number of nitro groups is 1. The van der Waals surface area contributed by atoms with Gasteiger partial charge in [0, 0.05) is 12.6 Å². The number of unbranched alkanes of at least 4 members (excludes halogenated alkanes) is 1. The summed E-state index contributed by atoms with van der Waals surface area (Å²) in [6, 6.07) is 0.166. The molecule has 7 heteroatoms. The third-order valence-corrected chi connectivity index (χ3v) is 3.16. The van der Waals surface area contributed by atoms with Crippen LogP contribution in [0.2, 0.25) is 0 Å². The molecule has 1 aromatic rings. The molecule has 0 aliphatic heterocycles. The Morgan fingerprint density at radius 1 is 1.47 bits per heavy atom. The Labute approximate surface area is 113 Å². The van der Waals surface area contributed by atoms with Gasteiger partial charge in [0.1, 0.15) is 6.33 Å². The van der Waals surface area contributed by atoms with E-state index in [-0.39, 0.29) is 17.5 Å². The van der Waals surface area contributed by atoms with Crippen LogP contribution in [-0.2, 0) is 0 Å². The lowest BCUT2D eigenvalue weighted by Gasteiger charge is -2.29. The monoisotopic (exact) mass is 267 g/mol. The molecule has 0 saturated carbocycles. The van der Waals surface area contributed by atoms with Gasteiger partial charge in [-0.15, -0.1) is 0 Å². The average molecular weight is 267 g/mol. The second-order valence-electron chi connectivity index (χ2n) is 4.49. The van der Waals surface area contributed by atoms with Crippen LogP contribution in [0.3, 0.4) is 0 Å². The molecular formula is C12H21N5O2. The Morgan fingerprint density at radius 2 is 2.16 bits per heavy atom. The molecule has 106 valence electrons. The molecule has 1 atom stereocenters. The van der Waals surface area contributed by atoms with E-state index in [9.17, 15) is 10.1 Å². The Kier molecular flexibility index (Phi) is 5.47. The van der Waals surface area contributed by atoms with Gasteiger partial charge in [0.2, 0.25) is 11.6 Å². The lowest BCUT2D eigenvalue weighted by atomic mass is 10.2. The number of nitrogens with two attached hydrogens (primary N) is 1. The first-order valence-electron chi connectivity index (χ1n) is 6.54. The third kappa shape index (κ3) is 3.52. The molecule has 1 rings (SSSR count). The molecule has 1 heterocycles. The number of nitrogens with zero attached hydrogens (tertiary/aromatic N) is 4. The SMILES string of the molecule is CCCCN(c1ncnc(N)c1[N+](=O)[O-])C(C)CC. The normalized spacial score (nSPS) is 12.2. The van der Waals surface area contributed by atoms with Crippen molar-refractivity contribution in [3.8, 4) is 0 Å². The van der Waals surface area contributed by atoms with Crippen LogP contribution in [-0.4, -0.2) is 27.5 Å². The van der Waals surface area contributed by atoms with Crippen molar-refractivity contribution in [1.29, 1.82) is 0 Å². The van der Waals surface area contributed by atoms with E-state index < -0.39 is 4.92 Å². The fraction of sp³-hybridized carbons (Fsp3) is 0.667. The summed E-state index contributed by atoms with van der Waals surface area (Å²) in [6.45, 7) is 6.87. The summed E-state index contributed by atoms with van der Waals surface area (Å²) < 4.78 is 0. The highest BCUT2D eigenvalue weighted by Gasteiger charge is 2.27. The molecule has 0 amide bonds. The quantitative estimate of drug-likeness (QED) is 0.601. The molecule has 0 bridgehead atoms. The minimum Gasteiger partial charge on any atom is -0.378 e. The van der Waals surface area contributed by atoms with Gasteiger partial charge in [-0.2, -0.15) is 0 Å². The summed E-state index contributed by atoms with van der Waals surface area (Å²) >= 11 is 0. The zero-order valence-electron chi connectivity index (χ0n) is 11.7. The number of hydrogen-bond donors (Lipinski definition) is 1. The molecular weight excluding hydrogens is 246 g/mol. The predicted molar refractivity (Wildman–Crippen MR) is 75.1 cm³/mol. The van der Waals surface area contributed by atoms with Crippen LogP contribution in [0.15, 0.2) is 6.33 Å². The van der Waals surface area contributed by atoms with Crippen molar-refractivity contribution >= 4 is 17.3 Å². The number of nitrogen functional groups attached to an aromatic ring is 1. The molecule has 0 spiro atoms. The first kappa shape index (κ1) is 15.1. The second kappa shape index (κ2) is 6.86. The highest BCUT2D eigenvalue weighted by molar-refractivity contribution is 5.68. The fourth-order valence-corrected chi connectivity index (χ4v) is 1.85. The lowest BCUT2D eigenvalue weighted by Crippen LogP contribution is -2.35. The van der Waals surface area contributed by atoms with E-state index in [1.165, 1.54) is 6.33 Å². The number of hydrogen-bond acceptors (Lipinski definition) is 6. The van der Waals surface area contributed by atoms with Crippen molar-refractivity contribution in [1.82, 2.24) is 9.97 Å². The van der Waals surface area contributed by atoms with Crippen LogP contribution in [0.5, 0.6) is 0 Å².